The third kappa shape index (κ3) is 4.70. The highest BCUT2D eigenvalue weighted by Crippen LogP contribution is 2.41. The van der Waals surface area contributed by atoms with E-state index in [-0.39, 0.29) is 6.17 Å². The molecule has 0 saturated carbocycles. The molecule has 5 nitrogen and oxygen atoms in total. The summed E-state index contributed by atoms with van der Waals surface area (Å²) in [5.74, 6) is 2.34. The molecule has 2 aliphatic heterocycles. The lowest BCUT2D eigenvalue weighted by molar-refractivity contribution is 0.628. The molecule has 5 heteroatoms. The Morgan fingerprint density at radius 2 is 1.33 bits per heavy atom. The molecule has 8 aromatic rings. The topological polar surface area (TPSA) is 61.9 Å². The summed E-state index contributed by atoms with van der Waals surface area (Å²) < 4.78 is 6.21. The number of anilines is 1. The van der Waals surface area contributed by atoms with Gasteiger partial charge < -0.3 is 15.1 Å². The molecule has 2 N–H and O–H groups in total. The lowest BCUT2D eigenvalue weighted by atomic mass is 9.93. The van der Waals surface area contributed by atoms with Gasteiger partial charge in [0.2, 0.25) is 5.88 Å². The summed E-state index contributed by atoms with van der Waals surface area (Å²) in [6.45, 7) is 0.770. The standard InChI is InChI=1S/C44H30N4O/c1-3-10-29-24-32(19-17-27(29)8-1)41-46-42(33-20-18-28-9-2-4-11-30(28)25-33)48-43(47-41)34-21-22-35-31(26-34)12-5-13-36(35)37-14-6-16-39-40(37)38-15-7-23-45-44(38)49-39/h1-22,24-26,41,45H,23H2,(H,46,47,48). The highest BCUT2D eigenvalue weighted by atomic mass is 16.3. The van der Waals surface area contributed by atoms with Crippen LogP contribution in [0.5, 0.6) is 0 Å². The third-order valence-electron chi connectivity index (χ3n) is 9.70. The smallest absolute Gasteiger partial charge is 0.201 e. The molecule has 0 bridgehead atoms. The van der Waals surface area contributed by atoms with Gasteiger partial charge in [0.15, 0.2) is 5.84 Å². The van der Waals surface area contributed by atoms with E-state index in [0.29, 0.717) is 5.84 Å². The summed E-state index contributed by atoms with van der Waals surface area (Å²) >= 11 is 0. The molecule has 0 fully saturated rings. The molecule has 3 heterocycles. The molecule has 0 saturated heterocycles. The number of furan rings is 1. The predicted molar refractivity (Wildman–Crippen MR) is 204 cm³/mol. The zero-order valence-electron chi connectivity index (χ0n) is 26.5. The minimum absolute atomic E-state index is 0.299. The fraction of sp³-hybridized carbons (Fsp3) is 0.0455. The monoisotopic (exact) mass is 630 g/mol. The van der Waals surface area contributed by atoms with Crippen molar-refractivity contribution in [2.45, 2.75) is 6.17 Å². The lowest BCUT2D eigenvalue weighted by Crippen LogP contribution is -2.33. The summed E-state index contributed by atoms with van der Waals surface area (Å²) in [5, 5.41) is 15.3. The van der Waals surface area contributed by atoms with Crippen molar-refractivity contribution >= 4 is 66.9 Å². The van der Waals surface area contributed by atoms with Gasteiger partial charge in [-0.1, -0.05) is 127 Å². The molecule has 1 atom stereocenters. The van der Waals surface area contributed by atoms with Crippen LogP contribution in [0.3, 0.4) is 0 Å². The van der Waals surface area contributed by atoms with Gasteiger partial charge in [-0.05, 0) is 73.3 Å². The van der Waals surface area contributed by atoms with Crippen molar-refractivity contribution in [3.63, 3.8) is 0 Å². The van der Waals surface area contributed by atoms with E-state index in [1.807, 2.05) is 6.07 Å². The Morgan fingerprint density at radius 3 is 2.20 bits per heavy atom. The molecule has 1 aromatic heterocycles. The van der Waals surface area contributed by atoms with Crippen molar-refractivity contribution < 1.29 is 4.42 Å². The number of hydrogen-bond donors (Lipinski definition) is 2. The number of hydrogen-bond acceptors (Lipinski definition) is 5. The van der Waals surface area contributed by atoms with Gasteiger partial charge >= 0.3 is 0 Å². The van der Waals surface area contributed by atoms with E-state index >= 15 is 0 Å². The summed E-state index contributed by atoms with van der Waals surface area (Å²) in [6, 6.07) is 49.3. The van der Waals surface area contributed by atoms with Gasteiger partial charge in [-0.15, -0.1) is 0 Å². The van der Waals surface area contributed by atoms with Gasteiger partial charge in [0.1, 0.15) is 17.6 Å². The van der Waals surface area contributed by atoms with Crippen LogP contribution in [0.2, 0.25) is 0 Å². The SMILES string of the molecule is C1=Cc2c(oc3cccc(-c4cccc5cc(C6=NC(c7ccc8ccccc8c7)=NC(c7ccc8ccccc8c7)N6)ccc45)c23)NC1. The number of nitrogens with one attached hydrogen (secondary N) is 2. The number of nitrogens with zero attached hydrogens (tertiary/aromatic N) is 2. The van der Waals surface area contributed by atoms with Crippen molar-refractivity contribution in [2.24, 2.45) is 9.98 Å². The summed E-state index contributed by atoms with van der Waals surface area (Å²) in [5.41, 5.74) is 7.41. The second kappa shape index (κ2) is 11.1. The number of rotatable bonds is 4. The van der Waals surface area contributed by atoms with Crippen molar-refractivity contribution in [3.05, 3.63) is 168 Å². The zero-order chi connectivity index (χ0) is 32.3. The molecule has 232 valence electrons. The highest BCUT2D eigenvalue weighted by Gasteiger charge is 2.23. The van der Waals surface area contributed by atoms with Gasteiger partial charge in [0, 0.05) is 28.6 Å². The number of aliphatic imine (C=N–C) groups is 2. The van der Waals surface area contributed by atoms with Crippen LogP contribution in [-0.2, 0) is 0 Å². The van der Waals surface area contributed by atoms with Crippen LogP contribution >= 0.6 is 0 Å². The Bertz CT molecular complexity index is 2710. The van der Waals surface area contributed by atoms with Crippen LogP contribution in [0.25, 0.3) is 60.5 Å². The molecular weight excluding hydrogens is 601 g/mol. The Morgan fingerprint density at radius 1 is 0.612 bits per heavy atom. The fourth-order valence-corrected chi connectivity index (χ4v) is 7.28. The number of benzene rings is 7. The molecule has 0 amide bonds. The summed E-state index contributed by atoms with van der Waals surface area (Å²) in [7, 11) is 0. The molecule has 49 heavy (non-hydrogen) atoms. The lowest BCUT2D eigenvalue weighted by Gasteiger charge is -2.24. The molecular formula is C44H30N4O. The normalized spacial score (nSPS) is 15.6. The van der Waals surface area contributed by atoms with Gasteiger partial charge in [-0.2, -0.15) is 0 Å². The average Bonchev–Trinajstić information content (AvgIpc) is 3.56. The molecule has 7 aromatic carbocycles. The van der Waals surface area contributed by atoms with Crippen molar-refractivity contribution in [1.29, 1.82) is 0 Å². The maximum atomic E-state index is 6.21. The Balaban J connectivity index is 1.10. The maximum absolute atomic E-state index is 6.21. The Labute approximate surface area is 283 Å². The highest BCUT2D eigenvalue weighted by molar-refractivity contribution is 6.16. The second-order valence-electron chi connectivity index (χ2n) is 12.7. The van der Waals surface area contributed by atoms with Crippen LogP contribution in [0.15, 0.2) is 160 Å². The van der Waals surface area contributed by atoms with Crippen molar-refractivity contribution in [1.82, 2.24) is 5.32 Å². The van der Waals surface area contributed by atoms with Gasteiger partial charge in [-0.3, -0.25) is 0 Å². The van der Waals surface area contributed by atoms with Crippen molar-refractivity contribution in [2.75, 3.05) is 11.9 Å². The average molecular weight is 631 g/mol. The van der Waals surface area contributed by atoms with E-state index in [4.69, 9.17) is 14.4 Å². The van der Waals surface area contributed by atoms with E-state index in [0.717, 1.165) is 62.4 Å². The Hall–Kier alpha value is -6.46. The van der Waals surface area contributed by atoms with Crippen LogP contribution in [0, 0.1) is 0 Å². The van der Waals surface area contributed by atoms with Gasteiger partial charge in [0.25, 0.3) is 0 Å². The van der Waals surface area contributed by atoms with E-state index in [2.05, 4.69) is 156 Å². The van der Waals surface area contributed by atoms with Crippen LogP contribution in [-0.4, -0.2) is 18.2 Å². The molecule has 10 rings (SSSR count). The summed E-state index contributed by atoms with van der Waals surface area (Å²) in [4.78, 5) is 10.4. The minimum Gasteiger partial charge on any atom is -0.440 e. The molecule has 0 radical (unpaired) electrons. The van der Waals surface area contributed by atoms with E-state index < -0.39 is 0 Å². The molecule has 0 aliphatic carbocycles. The van der Waals surface area contributed by atoms with E-state index in [1.54, 1.807) is 0 Å². The minimum atomic E-state index is -0.299. The fourth-order valence-electron chi connectivity index (χ4n) is 7.28. The largest absolute Gasteiger partial charge is 0.440 e. The van der Waals surface area contributed by atoms with Crippen LogP contribution < -0.4 is 10.6 Å². The first-order chi connectivity index (χ1) is 24.2. The first-order valence-electron chi connectivity index (χ1n) is 16.7. The number of amidine groups is 2. The van der Waals surface area contributed by atoms with Crippen molar-refractivity contribution in [3.8, 4) is 11.1 Å². The number of fused-ring (bicyclic) bond motifs is 6. The van der Waals surface area contributed by atoms with Crippen LogP contribution in [0.1, 0.15) is 28.4 Å². The van der Waals surface area contributed by atoms with E-state index in [9.17, 15) is 0 Å². The third-order valence-corrected chi connectivity index (χ3v) is 9.70. The quantitative estimate of drug-likeness (QED) is 0.203. The van der Waals surface area contributed by atoms with Gasteiger partial charge in [0.05, 0.1) is 0 Å². The molecule has 1 unspecified atom stereocenters. The predicted octanol–water partition coefficient (Wildman–Crippen LogP) is 10.5. The first-order valence-corrected chi connectivity index (χ1v) is 16.7. The summed E-state index contributed by atoms with van der Waals surface area (Å²) in [6.07, 6.45) is 4.01. The first kappa shape index (κ1) is 27.6. The van der Waals surface area contributed by atoms with Gasteiger partial charge in [-0.25, -0.2) is 9.98 Å². The second-order valence-corrected chi connectivity index (χ2v) is 12.7. The maximum Gasteiger partial charge on any atom is 0.201 e. The van der Waals surface area contributed by atoms with E-state index in [1.165, 1.54) is 32.5 Å². The molecule has 0 spiro atoms. The van der Waals surface area contributed by atoms with Crippen LogP contribution in [0.4, 0.5) is 5.88 Å². The zero-order valence-corrected chi connectivity index (χ0v) is 26.5. The Kier molecular flexibility index (Phi) is 6.24. The molecule has 2 aliphatic rings.